The van der Waals surface area contributed by atoms with Crippen LogP contribution in [0.5, 0.6) is 0 Å². The molecule has 6 heteroatoms. The lowest BCUT2D eigenvalue weighted by Crippen LogP contribution is -2.35. The fourth-order valence-electron chi connectivity index (χ4n) is 1.47. The SMILES string of the molecule is CC(CCC(=O)O)NC(=O)C(C)c1ccc(Cl)s1. The van der Waals surface area contributed by atoms with Crippen molar-refractivity contribution in [2.45, 2.75) is 38.6 Å². The molecule has 0 spiro atoms. The minimum absolute atomic E-state index is 0.0562. The zero-order valence-corrected chi connectivity index (χ0v) is 11.8. The maximum absolute atomic E-state index is 11.9. The largest absolute Gasteiger partial charge is 0.481 e. The molecule has 18 heavy (non-hydrogen) atoms. The van der Waals surface area contributed by atoms with E-state index in [2.05, 4.69) is 5.32 Å². The lowest BCUT2D eigenvalue weighted by atomic mass is 10.1. The number of amides is 1. The Labute approximate surface area is 115 Å². The van der Waals surface area contributed by atoms with Crippen molar-refractivity contribution in [1.82, 2.24) is 5.32 Å². The zero-order valence-electron chi connectivity index (χ0n) is 10.3. The van der Waals surface area contributed by atoms with Gasteiger partial charge in [0.25, 0.3) is 0 Å². The number of carbonyl (C=O) groups is 2. The molecule has 0 aromatic carbocycles. The van der Waals surface area contributed by atoms with E-state index in [-0.39, 0.29) is 24.3 Å². The Morgan fingerprint density at radius 3 is 2.61 bits per heavy atom. The van der Waals surface area contributed by atoms with Gasteiger partial charge in [-0.3, -0.25) is 9.59 Å². The van der Waals surface area contributed by atoms with Crippen LogP contribution < -0.4 is 5.32 Å². The lowest BCUT2D eigenvalue weighted by molar-refractivity contribution is -0.137. The second-order valence-corrected chi connectivity index (χ2v) is 5.95. The predicted octanol–water partition coefficient (Wildman–Crippen LogP) is 2.87. The van der Waals surface area contributed by atoms with Gasteiger partial charge in [-0.25, -0.2) is 0 Å². The normalized spacial score (nSPS) is 13.9. The Morgan fingerprint density at radius 1 is 1.44 bits per heavy atom. The van der Waals surface area contributed by atoms with E-state index < -0.39 is 5.97 Å². The Bertz CT molecular complexity index is 433. The van der Waals surface area contributed by atoms with Gasteiger partial charge in [-0.2, -0.15) is 0 Å². The van der Waals surface area contributed by atoms with Crippen molar-refractivity contribution in [2.75, 3.05) is 0 Å². The Hall–Kier alpha value is -1.07. The number of carbonyl (C=O) groups excluding carboxylic acids is 1. The fourth-order valence-corrected chi connectivity index (χ4v) is 2.58. The third kappa shape index (κ3) is 4.66. The number of rotatable bonds is 6. The molecule has 1 amide bonds. The molecule has 0 radical (unpaired) electrons. The number of nitrogens with one attached hydrogen (secondary N) is 1. The van der Waals surface area contributed by atoms with Crippen molar-refractivity contribution in [3.8, 4) is 0 Å². The first-order chi connectivity index (χ1) is 8.40. The summed E-state index contributed by atoms with van der Waals surface area (Å²) in [4.78, 5) is 23.2. The summed E-state index contributed by atoms with van der Waals surface area (Å²) in [5, 5.41) is 11.4. The van der Waals surface area contributed by atoms with Crippen molar-refractivity contribution >= 4 is 34.8 Å². The van der Waals surface area contributed by atoms with Gasteiger partial charge >= 0.3 is 5.97 Å². The van der Waals surface area contributed by atoms with Crippen LogP contribution in [0.15, 0.2) is 12.1 Å². The summed E-state index contributed by atoms with van der Waals surface area (Å²) in [6, 6.07) is 3.45. The number of carboxylic acid groups (broad SMARTS) is 1. The fraction of sp³-hybridized carbons (Fsp3) is 0.500. The first-order valence-electron chi connectivity index (χ1n) is 5.67. The Kier molecular flexibility index (Phi) is 5.62. The zero-order chi connectivity index (χ0) is 13.7. The molecule has 4 nitrogen and oxygen atoms in total. The van der Waals surface area contributed by atoms with E-state index in [1.54, 1.807) is 19.9 Å². The second kappa shape index (κ2) is 6.75. The number of thiophene rings is 1. The Balaban J connectivity index is 2.47. The summed E-state index contributed by atoms with van der Waals surface area (Å²) in [7, 11) is 0. The molecule has 2 unspecified atom stereocenters. The maximum Gasteiger partial charge on any atom is 0.303 e. The van der Waals surface area contributed by atoms with Gasteiger partial charge in [-0.15, -0.1) is 11.3 Å². The molecule has 1 aromatic heterocycles. The third-order valence-corrected chi connectivity index (χ3v) is 4.01. The quantitative estimate of drug-likeness (QED) is 0.846. The number of hydrogen-bond donors (Lipinski definition) is 2. The van der Waals surface area contributed by atoms with E-state index in [0.717, 1.165) is 4.88 Å². The number of aliphatic carboxylic acids is 1. The third-order valence-electron chi connectivity index (χ3n) is 2.59. The van der Waals surface area contributed by atoms with Crippen LogP contribution in [-0.2, 0) is 9.59 Å². The van der Waals surface area contributed by atoms with Gasteiger partial charge in [0, 0.05) is 17.3 Å². The molecule has 2 atom stereocenters. The van der Waals surface area contributed by atoms with E-state index in [1.807, 2.05) is 6.07 Å². The molecule has 0 aliphatic heterocycles. The highest BCUT2D eigenvalue weighted by atomic mass is 35.5. The van der Waals surface area contributed by atoms with Crippen molar-refractivity contribution in [3.63, 3.8) is 0 Å². The molecule has 0 saturated carbocycles. The number of carboxylic acids is 1. The summed E-state index contributed by atoms with van der Waals surface area (Å²) in [6.07, 6.45) is 0.486. The number of halogens is 1. The van der Waals surface area contributed by atoms with Gasteiger partial charge in [0.15, 0.2) is 0 Å². The molecular weight excluding hydrogens is 274 g/mol. The smallest absolute Gasteiger partial charge is 0.303 e. The second-order valence-electron chi connectivity index (χ2n) is 4.21. The van der Waals surface area contributed by atoms with Crippen LogP contribution in [0.3, 0.4) is 0 Å². The molecule has 1 rings (SSSR count). The van der Waals surface area contributed by atoms with Crippen LogP contribution in [0.25, 0.3) is 0 Å². The van der Waals surface area contributed by atoms with Crippen LogP contribution in [0.2, 0.25) is 4.34 Å². The monoisotopic (exact) mass is 289 g/mol. The van der Waals surface area contributed by atoms with Gasteiger partial charge in [0.2, 0.25) is 5.91 Å². The molecule has 100 valence electrons. The van der Waals surface area contributed by atoms with Gasteiger partial charge in [-0.05, 0) is 32.4 Å². The summed E-state index contributed by atoms with van der Waals surface area (Å²) in [6.45, 7) is 3.61. The molecular formula is C12H16ClNO3S. The van der Waals surface area contributed by atoms with Crippen LogP contribution >= 0.6 is 22.9 Å². The van der Waals surface area contributed by atoms with Crippen LogP contribution in [0, 0.1) is 0 Å². The van der Waals surface area contributed by atoms with E-state index in [9.17, 15) is 9.59 Å². The van der Waals surface area contributed by atoms with Crippen LogP contribution in [0.1, 0.15) is 37.5 Å². The highest BCUT2D eigenvalue weighted by Crippen LogP contribution is 2.28. The minimum Gasteiger partial charge on any atom is -0.481 e. The molecule has 1 aromatic rings. The van der Waals surface area contributed by atoms with Crippen molar-refractivity contribution in [3.05, 3.63) is 21.3 Å². The number of hydrogen-bond acceptors (Lipinski definition) is 3. The highest BCUT2D eigenvalue weighted by molar-refractivity contribution is 7.16. The molecule has 1 heterocycles. The predicted molar refractivity (Wildman–Crippen MR) is 72.2 cm³/mol. The Morgan fingerprint density at radius 2 is 2.11 bits per heavy atom. The van der Waals surface area contributed by atoms with Crippen molar-refractivity contribution in [1.29, 1.82) is 0 Å². The molecule has 2 N–H and O–H groups in total. The summed E-state index contributed by atoms with van der Waals surface area (Å²) >= 11 is 7.20. The van der Waals surface area contributed by atoms with E-state index in [0.29, 0.717) is 10.8 Å². The topological polar surface area (TPSA) is 66.4 Å². The maximum atomic E-state index is 11.9. The van der Waals surface area contributed by atoms with Crippen molar-refractivity contribution in [2.24, 2.45) is 0 Å². The molecule has 0 aliphatic rings. The van der Waals surface area contributed by atoms with E-state index in [4.69, 9.17) is 16.7 Å². The minimum atomic E-state index is -0.853. The first-order valence-corrected chi connectivity index (χ1v) is 6.87. The van der Waals surface area contributed by atoms with Gasteiger partial charge < -0.3 is 10.4 Å². The van der Waals surface area contributed by atoms with Crippen LogP contribution in [-0.4, -0.2) is 23.0 Å². The van der Waals surface area contributed by atoms with Gasteiger partial charge in [-0.1, -0.05) is 11.6 Å². The highest BCUT2D eigenvalue weighted by Gasteiger charge is 2.19. The first kappa shape index (κ1) is 15.0. The molecule has 0 aliphatic carbocycles. The summed E-state index contributed by atoms with van der Waals surface area (Å²) in [5.41, 5.74) is 0. The molecule has 0 saturated heterocycles. The van der Waals surface area contributed by atoms with Crippen LogP contribution in [0.4, 0.5) is 0 Å². The van der Waals surface area contributed by atoms with Gasteiger partial charge in [0.05, 0.1) is 10.3 Å². The van der Waals surface area contributed by atoms with E-state index in [1.165, 1.54) is 11.3 Å². The van der Waals surface area contributed by atoms with E-state index >= 15 is 0 Å². The molecule has 0 bridgehead atoms. The average Bonchev–Trinajstić information content (AvgIpc) is 2.72. The summed E-state index contributed by atoms with van der Waals surface area (Å²) in [5.74, 6) is -1.23. The molecule has 0 fully saturated rings. The van der Waals surface area contributed by atoms with Gasteiger partial charge in [0.1, 0.15) is 0 Å². The average molecular weight is 290 g/mol. The lowest BCUT2D eigenvalue weighted by Gasteiger charge is -2.16. The summed E-state index contributed by atoms with van der Waals surface area (Å²) < 4.78 is 0.656. The standard InChI is InChI=1S/C12H16ClNO3S/c1-7(3-6-11(15)16)14-12(17)8(2)9-4-5-10(13)18-9/h4-5,7-8H,3,6H2,1-2H3,(H,14,17)(H,15,16). The van der Waals surface area contributed by atoms with Crippen molar-refractivity contribution < 1.29 is 14.7 Å².